The summed E-state index contributed by atoms with van der Waals surface area (Å²) in [5, 5.41) is 21.4. The van der Waals surface area contributed by atoms with Crippen molar-refractivity contribution < 1.29 is 14.6 Å². The van der Waals surface area contributed by atoms with Crippen molar-refractivity contribution in [3.63, 3.8) is 0 Å². The van der Waals surface area contributed by atoms with Crippen LogP contribution in [0.4, 0.5) is 0 Å². The molecule has 1 heterocycles. The number of rotatable bonds is 5. The van der Waals surface area contributed by atoms with Crippen molar-refractivity contribution in [3.8, 4) is 0 Å². The normalized spacial score (nSPS) is 14.2. The van der Waals surface area contributed by atoms with E-state index in [2.05, 4.69) is 5.32 Å². The number of aliphatic hydroxyl groups is 2. The molecule has 1 aromatic rings. The van der Waals surface area contributed by atoms with Gasteiger partial charge in [0.1, 0.15) is 11.5 Å². The molecule has 3 N–H and O–H groups in total. The van der Waals surface area contributed by atoms with Crippen LogP contribution >= 0.6 is 0 Å². The zero-order chi connectivity index (χ0) is 11.5. The van der Waals surface area contributed by atoms with Crippen molar-refractivity contribution in [2.75, 3.05) is 13.2 Å². The number of furan rings is 1. The maximum absolute atomic E-state index is 9.13. The number of aryl methyl sites for hydroxylation is 1. The van der Waals surface area contributed by atoms with Gasteiger partial charge >= 0.3 is 0 Å². The van der Waals surface area contributed by atoms with E-state index < -0.39 is 5.54 Å². The van der Waals surface area contributed by atoms with Crippen LogP contribution < -0.4 is 5.32 Å². The molecule has 1 rings (SSSR count). The molecule has 0 radical (unpaired) electrons. The summed E-state index contributed by atoms with van der Waals surface area (Å²) in [4.78, 5) is 0. The number of hydrogen-bond donors (Lipinski definition) is 3. The van der Waals surface area contributed by atoms with Gasteiger partial charge in [0, 0.05) is 0 Å². The van der Waals surface area contributed by atoms with E-state index >= 15 is 0 Å². The van der Waals surface area contributed by atoms with Crippen LogP contribution in [0.2, 0.25) is 0 Å². The SMILES string of the molecule is Cc1ccc(C(C)NC(C)(CO)CO)o1. The summed E-state index contributed by atoms with van der Waals surface area (Å²) in [5.74, 6) is 1.66. The highest BCUT2D eigenvalue weighted by molar-refractivity contribution is 5.09. The largest absolute Gasteiger partial charge is 0.465 e. The predicted molar refractivity (Wildman–Crippen MR) is 57.6 cm³/mol. The van der Waals surface area contributed by atoms with E-state index in [1.54, 1.807) is 6.92 Å². The summed E-state index contributed by atoms with van der Waals surface area (Å²) in [6.07, 6.45) is 0. The molecule has 0 bridgehead atoms. The van der Waals surface area contributed by atoms with Crippen molar-refractivity contribution in [1.29, 1.82) is 0 Å². The Morgan fingerprint density at radius 3 is 2.40 bits per heavy atom. The first kappa shape index (κ1) is 12.2. The molecule has 0 aliphatic carbocycles. The molecule has 0 aliphatic heterocycles. The fourth-order valence-corrected chi connectivity index (χ4v) is 1.42. The van der Waals surface area contributed by atoms with Crippen molar-refractivity contribution in [1.82, 2.24) is 5.32 Å². The molecule has 0 aromatic carbocycles. The summed E-state index contributed by atoms with van der Waals surface area (Å²) in [6.45, 7) is 5.34. The Bertz CT molecular complexity index is 305. The average molecular weight is 213 g/mol. The molecule has 1 atom stereocenters. The Hall–Kier alpha value is -0.840. The molecular formula is C11H19NO3. The molecule has 4 heteroatoms. The van der Waals surface area contributed by atoms with Gasteiger partial charge in [0.05, 0.1) is 24.8 Å². The van der Waals surface area contributed by atoms with Crippen LogP contribution in [0.3, 0.4) is 0 Å². The molecule has 0 aliphatic rings. The number of aliphatic hydroxyl groups excluding tert-OH is 2. The smallest absolute Gasteiger partial charge is 0.120 e. The Kier molecular flexibility index (Phi) is 3.90. The van der Waals surface area contributed by atoms with Crippen LogP contribution in [-0.2, 0) is 0 Å². The third-order valence-electron chi connectivity index (χ3n) is 2.45. The number of nitrogens with one attached hydrogen (secondary N) is 1. The van der Waals surface area contributed by atoms with E-state index in [1.807, 2.05) is 26.0 Å². The second kappa shape index (κ2) is 4.79. The first-order valence-electron chi connectivity index (χ1n) is 5.06. The van der Waals surface area contributed by atoms with Crippen LogP contribution in [0.25, 0.3) is 0 Å². The van der Waals surface area contributed by atoms with Gasteiger partial charge in [0.25, 0.3) is 0 Å². The van der Waals surface area contributed by atoms with Crippen molar-refractivity contribution in [2.24, 2.45) is 0 Å². The minimum absolute atomic E-state index is 0.0389. The molecular weight excluding hydrogens is 194 g/mol. The van der Waals surface area contributed by atoms with Crippen molar-refractivity contribution in [3.05, 3.63) is 23.7 Å². The van der Waals surface area contributed by atoms with Gasteiger partial charge < -0.3 is 14.6 Å². The zero-order valence-electron chi connectivity index (χ0n) is 9.45. The lowest BCUT2D eigenvalue weighted by Crippen LogP contribution is -2.49. The van der Waals surface area contributed by atoms with Crippen LogP contribution in [0.15, 0.2) is 16.5 Å². The predicted octanol–water partition coefficient (Wildman–Crippen LogP) is 0.982. The van der Waals surface area contributed by atoms with E-state index in [1.165, 1.54) is 0 Å². The van der Waals surface area contributed by atoms with E-state index in [4.69, 9.17) is 14.6 Å². The highest BCUT2D eigenvalue weighted by Gasteiger charge is 2.25. The summed E-state index contributed by atoms with van der Waals surface area (Å²) >= 11 is 0. The first-order chi connectivity index (χ1) is 7.00. The quantitative estimate of drug-likeness (QED) is 0.682. The summed E-state index contributed by atoms with van der Waals surface area (Å²) in [6, 6.07) is 3.74. The number of hydrogen-bond acceptors (Lipinski definition) is 4. The minimum atomic E-state index is -0.680. The Morgan fingerprint density at radius 2 is 2.00 bits per heavy atom. The van der Waals surface area contributed by atoms with Gasteiger partial charge in [0.2, 0.25) is 0 Å². The lowest BCUT2D eigenvalue weighted by molar-refractivity contribution is 0.0931. The van der Waals surface area contributed by atoms with Gasteiger partial charge in [-0.15, -0.1) is 0 Å². The van der Waals surface area contributed by atoms with Gasteiger partial charge in [-0.05, 0) is 32.9 Å². The topological polar surface area (TPSA) is 65.6 Å². The molecule has 4 nitrogen and oxygen atoms in total. The Balaban J connectivity index is 2.66. The van der Waals surface area contributed by atoms with Crippen LogP contribution in [0, 0.1) is 6.92 Å². The Morgan fingerprint density at radius 1 is 1.40 bits per heavy atom. The van der Waals surface area contributed by atoms with Gasteiger partial charge in [-0.2, -0.15) is 0 Å². The fourth-order valence-electron chi connectivity index (χ4n) is 1.42. The lowest BCUT2D eigenvalue weighted by Gasteiger charge is -2.29. The van der Waals surface area contributed by atoms with E-state index in [0.29, 0.717) is 0 Å². The molecule has 0 saturated carbocycles. The monoisotopic (exact) mass is 213 g/mol. The zero-order valence-corrected chi connectivity index (χ0v) is 9.45. The highest BCUT2D eigenvalue weighted by atomic mass is 16.3. The minimum Gasteiger partial charge on any atom is -0.465 e. The highest BCUT2D eigenvalue weighted by Crippen LogP contribution is 2.18. The average Bonchev–Trinajstić information content (AvgIpc) is 2.65. The molecule has 1 unspecified atom stereocenters. The van der Waals surface area contributed by atoms with Crippen LogP contribution in [-0.4, -0.2) is 29.0 Å². The van der Waals surface area contributed by atoms with E-state index in [-0.39, 0.29) is 19.3 Å². The molecule has 0 fully saturated rings. The summed E-state index contributed by atoms with van der Waals surface area (Å²) in [7, 11) is 0. The van der Waals surface area contributed by atoms with Gasteiger partial charge in [-0.1, -0.05) is 0 Å². The fraction of sp³-hybridized carbons (Fsp3) is 0.636. The van der Waals surface area contributed by atoms with E-state index in [0.717, 1.165) is 11.5 Å². The van der Waals surface area contributed by atoms with Gasteiger partial charge in [-0.3, -0.25) is 5.32 Å². The third-order valence-corrected chi connectivity index (χ3v) is 2.45. The molecule has 0 saturated heterocycles. The van der Waals surface area contributed by atoms with Crippen LogP contribution in [0.5, 0.6) is 0 Å². The first-order valence-corrected chi connectivity index (χ1v) is 5.06. The van der Waals surface area contributed by atoms with Crippen LogP contribution in [0.1, 0.15) is 31.4 Å². The maximum Gasteiger partial charge on any atom is 0.120 e. The van der Waals surface area contributed by atoms with Crippen molar-refractivity contribution >= 4 is 0 Å². The summed E-state index contributed by atoms with van der Waals surface area (Å²) < 4.78 is 5.45. The van der Waals surface area contributed by atoms with Gasteiger partial charge in [-0.25, -0.2) is 0 Å². The molecule has 15 heavy (non-hydrogen) atoms. The lowest BCUT2D eigenvalue weighted by atomic mass is 10.0. The standard InChI is InChI=1S/C11H19NO3/c1-8-4-5-10(15-8)9(2)12-11(3,6-13)7-14/h4-5,9,12-14H,6-7H2,1-3H3. The van der Waals surface area contributed by atoms with Gasteiger partial charge in [0.15, 0.2) is 0 Å². The maximum atomic E-state index is 9.13. The Labute approximate surface area is 89.9 Å². The molecule has 86 valence electrons. The molecule has 1 aromatic heterocycles. The molecule has 0 amide bonds. The second-order valence-corrected chi connectivity index (χ2v) is 4.19. The van der Waals surface area contributed by atoms with Crippen molar-refractivity contribution in [2.45, 2.75) is 32.4 Å². The molecule has 0 spiro atoms. The third kappa shape index (κ3) is 3.06. The second-order valence-electron chi connectivity index (χ2n) is 4.19. The summed E-state index contributed by atoms with van der Waals surface area (Å²) in [5.41, 5.74) is -0.680. The van der Waals surface area contributed by atoms with E-state index in [9.17, 15) is 0 Å².